The Morgan fingerprint density at radius 2 is 2.28 bits per heavy atom. The van der Waals surface area contributed by atoms with Gasteiger partial charge in [0.25, 0.3) is 0 Å². The lowest BCUT2D eigenvalue weighted by molar-refractivity contribution is 0.163. The van der Waals surface area contributed by atoms with E-state index in [0.717, 1.165) is 36.7 Å². The minimum atomic E-state index is -0.580. The summed E-state index contributed by atoms with van der Waals surface area (Å²) < 4.78 is 1.16. The molecule has 0 aromatic carbocycles. The molecular formula is C13H18BrN3S. The summed E-state index contributed by atoms with van der Waals surface area (Å²) in [6.45, 7) is 0.977. The molecule has 0 bridgehead atoms. The van der Waals surface area contributed by atoms with Crippen LogP contribution in [0.4, 0.5) is 0 Å². The molecule has 3 nitrogen and oxygen atoms in total. The van der Waals surface area contributed by atoms with E-state index in [-0.39, 0.29) is 0 Å². The summed E-state index contributed by atoms with van der Waals surface area (Å²) in [6, 6.07) is 4.97. The molecule has 0 aliphatic heterocycles. The van der Waals surface area contributed by atoms with Crippen LogP contribution in [0, 0.1) is 11.3 Å². The van der Waals surface area contributed by atoms with E-state index < -0.39 is 5.54 Å². The zero-order chi connectivity index (χ0) is 13.2. The number of rotatable bonds is 3. The number of halogens is 1. The zero-order valence-corrected chi connectivity index (χ0v) is 12.9. The summed E-state index contributed by atoms with van der Waals surface area (Å²) in [6.07, 6.45) is 3.67. The Kier molecular flexibility index (Phi) is 4.44. The van der Waals surface area contributed by atoms with Crippen molar-refractivity contribution in [3.8, 4) is 6.07 Å². The van der Waals surface area contributed by atoms with Crippen molar-refractivity contribution in [3.05, 3.63) is 20.8 Å². The number of hydrogen-bond donors (Lipinski definition) is 1. The molecule has 1 heterocycles. The monoisotopic (exact) mass is 327 g/mol. The van der Waals surface area contributed by atoms with Crippen LogP contribution in [0.3, 0.4) is 0 Å². The number of nitriles is 1. The largest absolute Gasteiger partial charge is 0.313 e. The molecule has 1 aliphatic carbocycles. The fourth-order valence-corrected chi connectivity index (χ4v) is 4.00. The normalized spacial score (nSPS) is 28.3. The van der Waals surface area contributed by atoms with E-state index in [4.69, 9.17) is 11.0 Å². The summed E-state index contributed by atoms with van der Waals surface area (Å²) in [4.78, 5) is 3.75. The molecule has 1 saturated carbocycles. The second kappa shape index (κ2) is 5.70. The van der Waals surface area contributed by atoms with Gasteiger partial charge in [-0.15, -0.1) is 11.3 Å². The van der Waals surface area contributed by atoms with Crippen molar-refractivity contribution in [1.29, 1.82) is 5.26 Å². The Morgan fingerprint density at radius 3 is 2.78 bits per heavy atom. The van der Waals surface area contributed by atoms with E-state index in [1.807, 2.05) is 0 Å². The van der Waals surface area contributed by atoms with Crippen LogP contribution in [-0.2, 0) is 6.54 Å². The highest BCUT2D eigenvalue weighted by atomic mass is 79.9. The van der Waals surface area contributed by atoms with E-state index in [1.54, 1.807) is 11.3 Å². The van der Waals surface area contributed by atoms with E-state index in [0.29, 0.717) is 6.04 Å². The van der Waals surface area contributed by atoms with Crippen LogP contribution in [0.1, 0.15) is 30.6 Å². The SMILES string of the molecule is CN(Cc1cc(Br)cs1)C1CCC(N)(C#N)CC1. The van der Waals surface area contributed by atoms with Gasteiger partial charge in [-0.05, 0) is 54.7 Å². The first-order valence-electron chi connectivity index (χ1n) is 6.16. The molecule has 0 radical (unpaired) electrons. The van der Waals surface area contributed by atoms with Gasteiger partial charge in [-0.25, -0.2) is 0 Å². The lowest BCUT2D eigenvalue weighted by Crippen LogP contribution is -2.46. The molecule has 1 aromatic rings. The van der Waals surface area contributed by atoms with Gasteiger partial charge < -0.3 is 5.73 Å². The van der Waals surface area contributed by atoms with Gasteiger partial charge in [-0.1, -0.05) is 0 Å². The minimum Gasteiger partial charge on any atom is -0.313 e. The van der Waals surface area contributed by atoms with Gasteiger partial charge in [0.05, 0.1) is 6.07 Å². The van der Waals surface area contributed by atoms with Crippen LogP contribution in [0.25, 0.3) is 0 Å². The van der Waals surface area contributed by atoms with Crippen LogP contribution in [0.2, 0.25) is 0 Å². The van der Waals surface area contributed by atoms with Crippen LogP contribution >= 0.6 is 27.3 Å². The fourth-order valence-electron chi connectivity index (χ4n) is 2.48. The van der Waals surface area contributed by atoms with Gasteiger partial charge in [-0.2, -0.15) is 5.26 Å². The number of hydrogen-bond acceptors (Lipinski definition) is 4. The highest BCUT2D eigenvalue weighted by Crippen LogP contribution is 2.30. The average Bonchev–Trinajstić information content (AvgIpc) is 2.75. The molecule has 0 amide bonds. The molecule has 0 spiro atoms. The topological polar surface area (TPSA) is 53.0 Å². The molecule has 1 fully saturated rings. The fraction of sp³-hybridized carbons (Fsp3) is 0.615. The minimum absolute atomic E-state index is 0.552. The second-order valence-electron chi connectivity index (χ2n) is 5.15. The van der Waals surface area contributed by atoms with E-state index >= 15 is 0 Å². The van der Waals surface area contributed by atoms with Crippen molar-refractivity contribution in [2.24, 2.45) is 5.73 Å². The predicted molar refractivity (Wildman–Crippen MR) is 78.3 cm³/mol. The summed E-state index contributed by atoms with van der Waals surface area (Å²) in [5.74, 6) is 0. The lowest BCUT2D eigenvalue weighted by atomic mass is 9.81. The molecule has 2 rings (SSSR count). The van der Waals surface area contributed by atoms with Gasteiger partial charge in [-0.3, -0.25) is 4.90 Å². The van der Waals surface area contributed by atoms with Crippen LogP contribution in [-0.4, -0.2) is 23.5 Å². The van der Waals surface area contributed by atoms with Gasteiger partial charge in [0.15, 0.2) is 0 Å². The maximum Gasteiger partial charge on any atom is 0.104 e. The van der Waals surface area contributed by atoms with Gasteiger partial charge in [0.1, 0.15) is 5.54 Å². The second-order valence-corrected chi connectivity index (χ2v) is 7.06. The Hall–Kier alpha value is -0.410. The third-order valence-corrected chi connectivity index (χ3v) is 5.40. The van der Waals surface area contributed by atoms with Crippen molar-refractivity contribution >= 4 is 27.3 Å². The van der Waals surface area contributed by atoms with E-state index in [9.17, 15) is 0 Å². The number of thiophene rings is 1. The van der Waals surface area contributed by atoms with E-state index in [1.165, 1.54) is 4.88 Å². The van der Waals surface area contributed by atoms with Gasteiger partial charge in [0, 0.05) is 27.3 Å². The molecule has 0 unspecified atom stereocenters. The van der Waals surface area contributed by atoms with Gasteiger partial charge in [0.2, 0.25) is 0 Å². The number of nitrogens with two attached hydrogens (primary N) is 1. The molecule has 18 heavy (non-hydrogen) atoms. The quantitative estimate of drug-likeness (QED) is 0.928. The Bertz CT molecular complexity index is 443. The molecule has 0 saturated heterocycles. The zero-order valence-electron chi connectivity index (χ0n) is 10.5. The molecule has 5 heteroatoms. The van der Waals surface area contributed by atoms with Crippen molar-refractivity contribution in [3.63, 3.8) is 0 Å². The third kappa shape index (κ3) is 3.33. The van der Waals surface area contributed by atoms with Crippen LogP contribution < -0.4 is 5.73 Å². The highest BCUT2D eigenvalue weighted by Gasteiger charge is 2.33. The first-order valence-corrected chi connectivity index (χ1v) is 7.83. The van der Waals surface area contributed by atoms with Crippen molar-refractivity contribution in [1.82, 2.24) is 4.90 Å². The summed E-state index contributed by atoms with van der Waals surface area (Å²) in [5.41, 5.74) is 5.41. The highest BCUT2D eigenvalue weighted by molar-refractivity contribution is 9.10. The van der Waals surface area contributed by atoms with Crippen molar-refractivity contribution in [2.45, 2.75) is 43.8 Å². The predicted octanol–water partition coefficient (Wildman–Crippen LogP) is 3.11. The third-order valence-electron chi connectivity index (χ3n) is 3.72. The molecule has 1 aliphatic rings. The Morgan fingerprint density at radius 1 is 1.61 bits per heavy atom. The molecule has 1 aromatic heterocycles. The molecule has 2 N–H and O–H groups in total. The maximum atomic E-state index is 9.02. The first kappa shape index (κ1) is 14.0. The van der Waals surface area contributed by atoms with E-state index in [2.05, 4.69) is 45.4 Å². The Labute approximate surface area is 121 Å². The standard InChI is InChI=1S/C13H18BrN3S/c1-17(7-12-6-10(14)8-18-12)11-2-4-13(16,9-15)5-3-11/h6,8,11H,2-5,7,16H2,1H3. The number of nitrogens with zero attached hydrogens (tertiary/aromatic N) is 2. The van der Waals surface area contributed by atoms with Crippen LogP contribution in [0.5, 0.6) is 0 Å². The maximum absolute atomic E-state index is 9.02. The molecular weight excluding hydrogens is 310 g/mol. The van der Waals surface area contributed by atoms with Crippen molar-refractivity contribution in [2.75, 3.05) is 7.05 Å². The molecule has 0 atom stereocenters. The van der Waals surface area contributed by atoms with Crippen molar-refractivity contribution < 1.29 is 0 Å². The van der Waals surface area contributed by atoms with Gasteiger partial charge >= 0.3 is 0 Å². The Balaban J connectivity index is 1.88. The first-order chi connectivity index (χ1) is 8.52. The van der Waals surface area contributed by atoms with Crippen LogP contribution in [0.15, 0.2) is 15.9 Å². The average molecular weight is 328 g/mol. The summed E-state index contributed by atoms with van der Waals surface area (Å²) >= 11 is 5.26. The summed E-state index contributed by atoms with van der Waals surface area (Å²) in [7, 11) is 2.16. The smallest absolute Gasteiger partial charge is 0.104 e. The molecule has 98 valence electrons. The summed E-state index contributed by atoms with van der Waals surface area (Å²) in [5, 5.41) is 11.1. The lowest BCUT2D eigenvalue weighted by Gasteiger charge is -2.36.